The van der Waals surface area contributed by atoms with Crippen molar-refractivity contribution >= 4 is 63.2 Å². The minimum atomic E-state index is -0.0254. The fourth-order valence-electron chi connectivity index (χ4n) is 1.61. The van der Waals surface area contributed by atoms with Crippen LogP contribution in [0.2, 0.25) is 15.1 Å². The van der Waals surface area contributed by atoms with Gasteiger partial charge in [0.1, 0.15) is 0 Å². The molecule has 0 bridgehead atoms. The highest BCUT2D eigenvalue weighted by molar-refractivity contribution is 14.1. The van der Waals surface area contributed by atoms with E-state index in [2.05, 4.69) is 22.6 Å². The highest BCUT2D eigenvalue weighted by Gasteiger charge is 2.11. The Morgan fingerprint density at radius 3 is 2.37 bits per heavy atom. The molecule has 19 heavy (non-hydrogen) atoms. The fourth-order valence-corrected chi connectivity index (χ4v) is 2.60. The van der Waals surface area contributed by atoms with Gasteiger partial charge in [0, 0.05) is 25.6 Å². The summed E-state index contributed by atoms with van der Waals surface area (Å²) in [6, 6.07) is 10.4. The highest BCUT2D eigenvalue weighted by atomic mass is 127. The van der Waals surface area contributed by atoms with Gasteiger partial charge in [-0.2, -0.15) is 0 Å². The maximum absolute atomic E-state index is 12.2. The zero-order valence-electron chi connectivity index (χ0n) is 9.59. The van der Waals surface area contributed by atoms with Gasteiger partial charge >= 0.3 is 0 Å². The smallest absolute Gasteiger partial charge is 0.167 e. The molecule has 0 aliphatic carbocycles. The maximum atomic E-state index is 12.2. The Bertz CT molecular complexity index is 641. The van der Waals surface area contributed by atoms with E-state index >= 15 is 0 Å². The van der Waals surface area contributed by atoms with Crippen LogP contribution in [0, 0.1) is 3.57 Å². The lowest BCUT2D eigenvalue weighted by Gasteiger charge is -2.05. The summed E-state index contributed by atoms with van der Waals surface area (Å²) in [5.41, 5.74) is 1.34. The second-order valence-electron chi connectivity index (χ2n) is 3.96. The molecule has 0 fully saturated rings. The molecule has 0 saturated heterocycles. The molecule has 0 amide bonds. The monoisotopic (exact) mass is 424 g/mol. The summed E-state index contributed by atoms with van der Waals surface area (Å²) in [4.78, 5) is 12.2. The summed E-state index contributed by atoms with van der Waals surface area (Å²) in [6.45, 7) is 0. The molecule has 0 spiro atoms. The average Bonchev–Trinajstić information content (AvgIpc) is 2.36. The van der Waals surface area contributed by atoms with Crippen LogP contribution in [0.4, 0.5) is 0 Å². The Kier molecular flexibility index (Phi) is 5.12. The van der Waals surface area contributed by atoms with E-state index in [1.54, 1.807) is 30.3 Å². The van der Waals surface area contributed by atoms with Gasteiger partial charge < -0.3 is 0 Å². The van der Waals surface area contributed by atoms with Gasteiger partial charge in [0.2, 0.25) is 0 Å². The number of rotatable bonds is 3. The number of halogens is 4. The Labute approximate surface area is 140 Å². The Hall–Kier alpha value is -0.290. The highest BCUT2D eigenvalue weighted by Crippen LogP contribution is 2.24. The van der Waals surface area contributed by atoms with Crippen LogP contribution < -0.4 is 0 Å². The van der Waals surface area contributed by atoms with Crippen LogP contribution in [0.1, 0.15) is 15.9 Å². The van der Waals surface area contributed by atoms with Crippen molar-refractivity contribution in [1.29, 1.82) is 0 Å². The molecule has 0 saturated carbocycles. The molecule has 0 radical (unpaired) electrons. The summed E-state index contributed by atoms with van der Waals surface area (Å²) >= 11 is 20.0. The summed E-state index contributed by atoms with van der Waals surface area (Å²) in [7, 11) is 0. The zero-order chi connectivity index (χ0) is 14.0. The second-order valence-corrected chi connectivity index (χ2v) is 6.38. The number of carbonyl (C=O) groups excluding carboxylic acids is 1. The van der Waals surface area contributed by atoms with Gasteiger partial charge in [-0.1, -0.05) is 46.9 Å². The molecule has 2 aromatic rings. The van der Waals surface area contributed by atoms with E-state index in [1.807, 2.05) is 6.07 Å². The van der Waals surface area contributed by atoms with Crippen LogP contribution in [0.5, 0.6) is 0 Å². The molecule has 0 N–H and O–H groups in total. The van der Waals surface area contributed by atoms with E-state index in [0.717, 1.165) is 9.13 Å². The summed E-state index contributed by atoms with van der Waals surface area (Å²) in [5.74, 6) is -0.0254. The minimum absolute atomic E-state index is 0.0254. The van der Waals surface area contributed by atoms with Crippen molar-refractivity contribution in [3.63, 3.8) is 0 Å². The molecular formula is C14H8Cl3IO. The van der Waals surface area contributed by atoms with Crippen LogP contribution in [0.25, 0.3) is 0 Å². The number of hydrogen-bond acceptors (Lipinski definition) is 1. The van der Waals surface area contributed by atoms with Gasteiger partial charge in [0.15, 0.2) is 5.78 Å². The van der Waals surface area contributed by atoms with Crippen molar-refractivity contribution < 1.29 is 4.79 Å². The van der Waals surface area contributed by atoms with E-state index in [0.29, 0.717) is 20.6 Å². The third-order valence-corrected chi connectivity index (χ3v) is 4.77. The fraction of sp³-hybridized carbons (Fsp3) is 0.0714. The van der Waals surface area contributed by atoms with Crippen LogP contribution in [0.15, 0.2) is 36.4 Å². The third-order valence-electron chi connectivity index (χ3n) is 2.61. The van der Waals surface area contributed by atoms with E-state index in [1.165, 1.54) is 0 Å². The van der Waals surface area contributed by atoms with Crippen molar-refractivity contribution in [2.24, 2.45) is 0 Å². The molecule has 5 heteroatoms. The molecule has 0 aliphatic heterocycles. The lowest BCUT2D eigenvalue weighted by atomic mass is 10.0. The van der Waals surface area contributed by atoms with Gasteiger partial charge in [-0.25, -0.2) is 0 Å². The van der Waals surface area contributed by atoms with Gasteiger partial charge in [0.05, 0.1) is 5.02 Å². The molecule has 0 aromatic heterocycles. The molecule has 98 valence electrons. The molecule has 0 heterocycles. The number of ketones is 1. The maximum Gasteiger partial charge on any atom is 0.167 e. The molecule has 0 unspecified atom stereocenters. The number of Topliss-reactive ketones (excluding diaryl/α,β-unsaturated/α-hetero) is 1. The SMILES string of the molecule is O=C(Cc1ccc(Cl)cc1Cl)c1ccc(I)c(Cl)c1. The molecule has 2 aromatic carbocycles. The predicted molar refractivity (Wildman–Crippen MR) is 88.7 cm³/mol. The Morgan fingerprint density at radius 1 is 1.00 bits per heavy atom. The lowest BCUT2D eigenvalue weighted by Crippen LogP contribution is -2.04. The van der Waals surface area contributed by atoms with Crippen LogP contribution in [-0.4, -0.2) is 5.78 Å². The largest absolute Gasteiger partial charge is 0.294 e. The van der Waals surface area contributed by atoms with E-state index in [4.69, 9.17) is 34.8 Å². The zero-order valence-corrected chi connectivity index (χ0v) is 14.0. The summed E-state index contributed by atoms with van der Waals surface area (Å²) in [6.07, 6.45) is 0.229. The Balaban J connectivity index is 2.23. The first-order valence-corrected chi connectivity index (χ1v) is 7.61. The van der Waals surface area contributed by atoms with Crippen LogP contribution in [0.3, 0.4) is 0 Å². The average molecular weight is 425 g/mol. The van der Waals surface area contributed by atoms with Gasteiger partial charge in [-0.3, -0.25) is 4.79 Å². The summed E-state index contributed by atoms with van der Waals surface area (Å²) < 4.78 is 0.917. The topological polar surface area (TPSA) is 17.1 Å². The molecule has 0 atom stereocenters. The normalized spacial score (nSPS) is 10.5. The van der Waals surface area contributed by atoms with Gasteiger partial charge in [-0.05, 0) is 52.4 Å². The van der Waals surface area contributed by atoms with Crippen molar-refractivity contribution in [3.05, 3.63) is 66.2 Å². The first-order valence-electron chi connectivity index (χ1n) is 5.39. The second kappa shape index (κ2) is 6.44. The molecular weight excluding hydrogens is 417 g/mol. The number of hydrogen-bond donors (Lipinski definition) is 0. The van der Waals surface area contributed by atoms with E-state index in [-0.39, 0.29) is 12.2 Å². The van der Waals surface area contributed by atoms with E-state index < -0.39 is 0 Å². The van der Waals surface area contributed by atoms with Gasteiger partial charge in [-0.15, -0.1) is 0 Å². The quantitative estimate of drug-likeness (QED) is 0.457. The van der Waals surface area contributed by atoms with Crippen molar-refractivity contribution in [2.75, 3.05) is 0 Å². The van der Waals surface area contributed by atoms with Crippen molar-refractivity contribution in [2.45, 2.75) is 6.42 Å². The number of benzene rings is 2. The van der Waals surface area contributed by atoms with Crippen molar-refractivity contribution in [3.8, 4) is 0 Å². The number of carbonyl (C=O) groups is 1. The molecule has 0 aliphatic rings. The first-order chi connectivity index (χ1) is 8.97. The molecule has 2 rings (SSSR count). The Morgan fingerprint density at radius 2 is 1.74 bits per heavy atom. The van der Waals surface area contributed by atoms with E-state index in [9.17, 15) is 4.79 Å². The summed E-state index contributed by atoms with van der Waals surface area (Å²) in [5, 5.41) is 1.63. The van der Waals surface area contributed by atoms with Crippen molar-refractivity contribution in [1.82, 2.24) is 0 Å². The predicted octanol–water partition coefficient (Wildman–Crippen LogP) is 5.68. The minimum Gasteiger partial charge on any atom is -0.294 e. The van der Waals surface area contributed by atoms with Crippen LogP contribution >= 0.6 is 57.4 Å². The van der Waals surface area contributed by atoms with Crippen LogP contribution in [-0.2, 0) is 6.42 Å². The van der Waals surface area contributed by atoms with Gasteiger partial charge in [0.25, 0.3) is 0 Å². The lowest BCUT2D eigenvalue weighted by molar-refractivity contribution is 0.0993. The first kappa shape index (κ1) is 15.1. The standard InChI is InChI=1S/C14H8Cl3IO/c15-10-3-1-8(11(16)7-10)6-14(19)9-2-4-13(18)12(17)5-9/h1-5,7H,6H2. The third kappa shape index (κ3) is 3.85. The molecule has 1 nitrogen and oxygen atoms in total.